The van der Waals surface area contributed by atoms with Gasteiger partial charge in [0.05, 0.1) is 0 Å². The van der Waals surface area contributed by atoms with Gasteiger partial charge in [-0.25, -0.2) is 0 Å². The zero-order chi connectivity index (χ0) is 20.8. The molecule has 0 aliphatic heterocycles. The minimum atomic E-state index is -0.137. The lowest BCUT2D eigenvalue weighted by Crippen LogP contribution is -2.51. The quantitative estimate of drug-likeness (QED) is 0.317. The van der Waals surface area contributed by atoms with Gasteiger partial charge in [-0.2, -0.15) is 0 Å². The summed E-state index contributed by atoms with van der Waals surface area (Å²) in [6.45, 7) is 9.03. The van der Waals surface area contributed by atoms with Gasteiger partial charge in [-0.3, -0.25) is 4.79 Å². The molecule has 0 aromatic carbocycles. The molecule has 0 heterocycles. The van der Waals surface area contributed by atoms with Crippen molar-refractivity contribution in [1.29, 1.82) is 0 Å². The number of hydrogen-bond donors (Lipinski definition) is 0. The molecule has 0 aromatic heterocycles. The van der Waals surface area contributed by atoms with E-state index in [1.807, 2.05) is 0 Å². The third-order valence-electron chi connectivity index (χ3n) is 9.89. The molecular weight excluding hydrogens is 360 g/mol. The molecule has 4 aliphatic rings. The molecule has 29 heavy (non-hydrogen) atoms. The van der Waals surface area contributed by atoms with Crippen LogP contribution in [0.4, 0.5) is 0 Å². The molecule has 3 heteroatoms. The Labute approximate surface area is 177 Å². The molecule has 0 bridgehead atoms. The Morgan fingerprint density at radius 2 is 2.00 bits per heavy atom. The molecule has 4 rings (SSSR count). The largest absolute Gasteiger partial charge is 0.462 e. The Bertz CT molecular complexity index is 681. The van der Waals surface area contributed by atoms with E-state index < -0.39 is 0 Å². The minimum Gasteiger partial charge on any atom is -0.462 e. The molecule has 4 aliphatic carbocycles. The van der Waals surface area contributed by atoms with Crippen LogP contribution >= 0.6 is 0 Å². The van der Waals surface area contributed by atoms with Crippen molar-refractivity contribution in [2.24, 2.45) is 40.4 Å². The SMILES string of the molecule is CC(=O)O[C@H]1CC[C@@]2(C)C(=CC[C@H]3[C@@H]4CC[C@H]([C@H](C)CCC=O)[C@@]4(C)CC[C@@H]32)C1. The van der Waals surface area contributed by atoms with E-state index in [0.29, 0.717) is 16.7 Å². The topological polar surface area (TPSA) is 43.4 Å². The van der Waals surface area contributed by atoms with E-state index in [-0.39, 0.29) is 12.1 Å². The van der Waals surface area contributed by atoms with Crippen LogP contribution in [0.3, 0.4) is 0 Å². The molecule has 3 fully saturated rings. The van der Waals surface area contributed by atoms with Gasteiger partial charge in [0.2, 0.25) is 0 Å². The lowest BCUT2D eigenvalue weighted by molar-refractivity contribution is -0.148. The molecule has 3 nitrogen and oxygen atoms in total. The third kappa shape index (κ3) is 3.51. The van der Waals surface area contributed by atoms with Crippen molar-refractivity contribution >= 4 is 12.3 Å². The normalized spacial score (nSPS) is 44.7. The standard InChI is InChI=1S/C26H40O3/c1-17(6-5-15-27)22-9-10-23-21-8-7-19-16-20(29-18(2)28)11-13-25(19,3)24(21)12-14-26(22,23)4/h7,15,17,20-24H,5-6,8-14,16H2,1-4H3/t17-,20+,21+,22-,23+,24+,25+,26-/m1/s1. The van der Waals surface area contributed by atoms with Crippen molar-refractivity contribution in [3.8, 4) is 0 Å². The monoisotopic (exact) mass is 400 g/mol. The first-order chi connectivity index (χ1) is 13.8. The fraction of sp³-hybridized carbons (Fsp3) is 0.846. The molecule has 0 N–H and O–H groups in total. The molecule has 162 valence electrons. The van der Waals surface area contributed by atoms with E-state index in [1.54, 1.807) is 5.57 Å². The molecule has 8 atom stereocenters. The summed E-state index contributed by atoms with van der Waals surface area (Å²) in [6, 6.07) is 0. The second-order valence-electron chi connectivity index (χ2n) is 11.2. The van der Waals surface area contributed by atoms with E-state index in [9.17, 15) is 9.59 Å². The minimum absolute atomic E-state index is 0.0896. The van der Waals surface area contributed by atoms with E-state index in [2.05, 4.69) is 26.8 Å². The van der Waals surface area contributed by atoms with Crippen LogP contribution in [0.2, 0.25) is 0 Å². The predicted octanol–water partition coefficient (Wildman–Crippen LogP) is 6.11. The number of esters is 1. The maximum absolute atomic E-state index is 11.4. The highest BCUT2D eigenvalue weighted by Gasteiger charge is 2.59. The van der Waals surface area contributed by atoms with Gasteiger partial charge in [0, 0.05) is 19.8 Å². The van der Waals surface area contributed by atoms with Crippen LogP contribution in [0.1, 0.15) is 91.9 Å². The van der Waals surface area contributed by atoms with Crippen LogP contribution < -0.4 is 0 Å². The van der Waals surface area contributed by atoms with Gasteiger partial charge < -0.3 is 9.53 Å². The van der Waals surface area contributed by atoms with Crippen molar-refractivity contribution < 1.29 is 14.3 Å². The Kier molecular flexibility index (Phi) is 5.72. The molecular formula is C26H40O3. The summed E-state index contributed by atoms with van der Waals surface area (Å²) in [5.74, 6) is 3.76. The second kappa shape index (κ2) is 7.85. The number of allylic oxidation sites excluding steroid dienone is 1. The van der Waals surface area contributed by atoms with Crippen molar-refractivity contribution in [1.82, 2.24) is 0 Å². The summed E-state index contributed by atoms with van der Waals surface area (Å²) < 4.78 is 5.57. The van der Waals surface area contributed by atoms with Gasteiger partial charge in [0.15, 0.2) is 0 Å². The number of hydrogen-bond acceptors (Lipinski definition) is 3. The summed E-state index contributed by atoms with van der Waals surface area (Å²) >= 11 is 0. The molecule has 0 amide bonds. The van der Waals surface area contributed by atoms with Gasteiger partial charge in [-0.05, 0) is 91.8 Å². The van der Waals surface area contributed by atoms with Crippen molar-refractivity contribution in [2.75, 3.05) is 0 Å². The average molecular weight is 401 g/mol. The van der Waals surface area contributed by atoms with Crippen molar-refractivity contribution in [2.45, 2.75) is 98.0 Å². The van der Waals surface area contributed by atoms with Crippen LogP contribution in [-0.2, 0) is 14.3 Å². The molecule has 0 spiro atoms. The lowest BCUT2D eigenvalue weighted by Gasteiger charge is -2.58. The van der Waals surface area contributed by atoms with Gasteiger partial charge in [-0.1, -0.05) is 32.4 Å². The van der Waals surface area contributed by atoms with Crippen molar-refractivity contribution in [3.63, 3.8) is 0 Å². The number of carbonyl (C=O) groups is 2. The molecule has 0 saturated heterocycles. The Morgan fingerprint density at radius 3 is 2.72 bits per heavy atom. The number of rotatable bonds is 5. The van der Waals surface area contributed by atoms with E-state index in [4.69, 9.17) is 4.74 Å². The third-order valence-corrected chi connectivity index (χ3v) is 9.89. The highest BCUT2D eigenvalue weighted by Crippen LogP contribution is 2.67. The highest BCUT2D eigenvalue weighted by molar-refractivity contribution is 5.66. The van der Waals surface area contributed by atoms with E-state index in [0.717, 1.165) is 55.6 Å². The fourth-order valence-corrected chi connectivity index (χ4v) is 8.47. The van der Waals surface area contributed by atoms with E-state index in [1.165, 1.54) is 45.4 Å². The lowest BCUT2D eigenvalue weighted by atomic mass is 9.47. The smallest absolute Gasteiger partial charge is 0.302 e. The molecule has 0 unspecified atom stereocenters. The summed E-state index contributed by atoms with van der Waals surface area (Å²) in [7, 11) is 0. The van der Waals surface area contributed by atoms with Crippen molar-refractivity contribution in [3.05, 3.63) is 11.6 Å². The maximum Gasteiger partial charge on any atom is 0.302 e. The summed E-state index contributed by atoms with van der Waals surface area (Å²) in [5.41, 5.74) is 2.34. The maximum atomic E-state index is 11.4. The Balaban J connectivity index is 1.52. The van der Waals surface area contributed by atoms with Crippen LogP contribution in [0.5, 0.6) is 0 Å². The zero-order valence-corrected chi connectivity index (χ0v) is 18.9. The fourth-order valence-electron chi connectivity index (χ4n) is 8.47. The summed E-state index contributed by atoms with van der Waals surface area (Å²) in [5, 5.41) is 0. The molecule has 0 aromatic rings. The van der Waals surface area contributed by atoms with Crippen LogP contribution in [0, 0.1) is 40.4 Å². The number of carbonyl (C=O) groups excluding carboxylic acids is 2. The van der Waals surface area contributed by atoms with Gasteiger partial charge in [0.1, 0.15) is 12.4 Å². The first kappa shape index (κ1) is 21.1. The van der Waals surface area contributed by atoms with Crippen LogP contribution in [-0.4, -0.2) is 18.4 Å². The van der Waals surface area contributed by atoms with E-state index >= 15 is 0 Å². The number of ether oxygens (including phenoxy) is 1. The van der Waals surface area contributed by atoms with Gasteiger partial charge in [-0.15, -0.1) is 0 Å². The van der Waals surface area contributed by atoms with Gasteiger partial charge >= 0.3 is 5.97 Å². The average Bonchev–Trinajstić information content (AvgIpc) is 3.03. The van der Waals surface area contributed by atoms with Crippen LogP contribution in [0.25, 0.3) is 0 Å². The first-order valence-electron chi connectivity index (χ1n) is 12.1. The Morgan fingerprint density at radius 1 is 1.21 bits per heavy atom. The Hall–Kier alpha value is -1.12. The number of aldehydes is 1. The second-order valence-corrected chi connectivity index (χ2v) is 11.2. The summed E-state index contributed by atoms with van der Waals surface area (Å²) in [6.07, 6.45) is 15.3. The highest BCUT2D eigenvalue weighted by atomic mass is 16.5. The zero-order valence-electron chi connectivity index (χ0n) is 18.9. The number of fused-ring (bicyclic) bond motifs is 5. The first-order valence-corrected chi connectivity index (χ1v) is 12.1. The summed E-state index contributed by atoms with van der Waals surface area (Å²) in [4.78, 5) is 22.3. The molecule has 3 saturated carbocycles. The van der Waals surface area contributed by atoms with Gasteiger partial charge in [0.25, 0.3) is 0 Å². The predicted molar refractivity (Wildman–Crippen MR) is 115 cm³/mol. The van der Waals surface area contributed by atoms with Crippen LogP contribution in [0.15, 0.2) is 11.6 Å². The molecule has 0 radical (unpaired) electrons.